The molecule has 2 aromatic rings. The smallest absolute Gasteiger partial charge is 0.243 e. The zero-order valence-electron chi connectivity index (χ0n) is 15.6. The zero-order valence-corrected chi connectivity index (χ0v) is 16.4. The molecule has 7 heteroatoms. The van der Waals surface area contributed by atoms with Crippen LogP contribution in [0.4, 0.5) is 10.1 Å². The van der Waals surface area contributed by atoms with Crippen molar-refractivity contribution >= 4 is 21.6 Å². The van der Waals surface area contributed by atoms with Gasteiger partial charge in [0, 0.05) is 25.3 Å². The highest BCUT2D eigenvalue weighted by molar-refractivity contribution is 7.89. The molecular formula is C21H23FN2O3S. The van der Waals surface area contributed by atoms with Gasteiger partial charge in [0.15, 0.2) is 0 Å². The highest BCUT2D eigenvalue weighted by atomic mass is 32.2. The fraction of sp³-hybridized carbons (Fsp3) is 0.381. The van der Waals surface area contributed by atoms with E-state index in [1.807, 2.05) is 0 Å². The first kappa shape index (κ1) is 19.1. The second-order valence-corrected chi connectivity index (χ2v) is 9.30. The number of fused-ring (bicyclic) bond motifs is 1. The molecule has 2 aromatic carbocycles. The average Bonchev–Trinajstić information content (AvgIpc) is 3.12. The molecule has 1 fully saturated rings. The maximum absolute atomic E-state index is 13.4. The van der Waals surface area contributed by atoms with Crippen molar-refractivity contribution < 1.29 is 17.6 Å². The molecule has 2 heterocycles. The number of anilines is 1. The Bertz CT molecular complexity index is 1000. The average molecular weight is 402 g/mol. The molecule has 0 saturated carbocycles. The van der Waals surface area contributed by atoms with Crippen molar-refractivity contribution in [3.05, 3.63) is 59.4 Å². The fourth-order valence-electron chi connectivity index (χ4n) is 3.97. The van der Waals surface area contributed by atoms with Gasteiger partial charge < -0.3 is 4.90 Å². The molecule has 0 spiro atoms. The minimum atomic E-state index is -3.49. The second kappa shape index (κ2) is 7.64. The van der Waals surface area contributed by atoms with Crippen LogP contribution in [-0.4, -0.2) is 38.3 Å². The van der Waals surface area contributed by atoms with E-state index in [0.717, 1.165) is 30.5 Å². The minimum Gasteiger partial charge on any atom is -0.312 e. The van der Waals surface area contributed by atoms with Gasteiger partial charge in [-0.3, -0.25) is 4.79 Å². The van der Waals surface area contributed by atoms with E-state index in [2.05, 4.69) is 0 Å². The number of halogens is 1. The van der Waals surface area contributed by atoms with Crippen LogP contribution in [0.15, 0.2) is 47.4 Å². The van der Waals surface area contributed by atoms with Gasteiger partial charge >= 0.3 is 0 Å². The van der Waals surface area contributed by atoms with Crippen LogP contribution in [0.5, 0.6) is 0 Å². The van der Waals surface area contributed by atoms with Gasteiger partial charge in [0.2, 0.25) is 15.9 Å². The van der Waals surface area contributed by atoms with Gasteiger partial charge in [-0.2, -0.15) is 4.31 Å². The van der Waals surface area contributed by atoms with Crippen LogP contribution in [0.3, 0.4) is 0 Å². The molecule has 0 radical (unpaired) electrons. The van der Waals surface area contributed by atoms with Gasteiger partial charge in [0.25, 0.3) is 0 Å². The number of rotatable bonds is 4. The lowest BCUT2D eigenvalue weighted by Crippen LogP contribution is -2.35. The molecule has 0 aliphatic carbocycles. The Kier molecular flexibility index (Phi) is 5.21. The Hall–Kier alpha value is -2.25. The van der Waals surface area contributed by atoms with Crippen molar-refractivity contribution in [2.24, 2.45) is 0 Å². The predicted molar refractivity (Wildman–Crippen MR) is 105 cm³/mol. The van der Waals surface area contributed by atoms with E-state index >= 15 is 0 Å². The molecule has 0 aromatic heterocycles. The standard InChI is InChI=1S/C21H23FN2O3S/c22-18-6-4-5-16(13-18)14-21(25)24-12-9-17-15-19(7-8-20(17)24)28(26,27)23-10-2-1-3-11-23/h4-8,13,15H,1-3,9-12,14H2. The van der Waals surface area contributed by atoms with Crippen LogP contribution in [0.25, 0.3) is 0 Å². The Balaban J connectivity index is 1.54. The summed E-state index contributed by atoms with van der Waals surface area (Å²) in [6, 6.07) is 11.1. The Morgan fingerprint density at radius 1 is 1.00 bits per heavy atom. The topological polar surface area (TPSA) is 57.7 Å². The minimum absolute atomic E-state index is 0.115. The summed E-state index contributed by atoms with van der Waals surface area (Å²) in [6.45, 7) is 1.64. The third kappa shape index (κ3) is 3.69. The summed E-state index contributed by atoms with van der Waals surface area (Å²) in [7, 11) is -3.49. The molecule has 1 amide bonds. The first-order valence-electron chi connectivity index (χ1n) is 9.63. The van der Waals surface area contributed by atoms with E-state index in [1.165, 1.54) is 12.1 Å². The number of benzene rings is 2. The predicted octanol–water partition coefficient (Wildman–Crippen LogP) is 3.13. The molecule has 0 bridgehead atoms. The van der Waals surface area contributed by atoms with Crippen LogP contribution in [0, 0.1) is 5.82 Å². The highest BCUT2D eigenvalue weighted by Crippen LogP contribution is 2.32. The summed E-state index contributed by atoms with van der Waals surface area (Å²) in [4.78, 5) is 14.7. The number of hydrogen-bond donors (Lipinski definition) is 0. The molecule has 0 N–H and O–H groups in total. The molecule has 2 aliphatic rings. The van der Waals surface area contributed by atoms with Crippen molar-refractivity contribution in [1.82, 2.24) is 4.31 Å². The molecular weight excluding hydrogens is 379 g/mol. The number of sulfonamides is 1. The van der Waals surface area contributed by atoms with E-state index in [-0.39, 0.29) is 18.1 Å². The Morgan fingerprint density at radius 3 is 2.54 bits per heavy atom. The summed E-state index contributed by atoms with van der Waals surface area (Å²) in [5, 5.41) is 0. The lowest BCUT2D eigenvalue weighted by Gasteiger charge is -2.26. The number of nitrogens with zero attached hydrogens (tertiary/aromatic N) is 2. The molecule has 2 aliphatic heterocycles. The number of carbonyl (C=O) groups excluding carboxylic acids is 1. The van der Waals surface area contributed by atoms with E-state index < -0.39 is 10.0 Å². The first-order chi connectivity index (χ1) is 13.4. The van der Waals surface area contributed by atoms with Crippen LogP contribution in [0.1, 0.15) is 30.4 Å². The molecule has 148 valence electrons. The maximum Gasteiger partial charge on any atom is 0.243 e. The first-order valence-corrected chi connectivity index (χ1v) is 11.1. The largest absolute Gasteiger partial charge is 0.312 e. The van der Waals surface area contributed by atoms with Crippen LogP contribution < -0.4 is 4.90 Å². The SMILES string of the molecule is O=C(Cc1cccc(F)c1)N1CCc2cc(S(=O)(=O)N3CCCCC3)ccc21. The third-order valence-corrected chi connectivity index (χ3v) is 7.34. The van der Waals surface area contributed by atoms with Crippen molar-refractivity contribution in [2.45, 2.75) is 37.0 Å². The molecule has 1 saturated heterocycles. The van der Waals surface area contributed by atoms with Gasteiger partial charge in [-0.15, -0.1) is 0 Å². The van der Waals surface area contributed by atoms with Crippen LogP contribution in [0.2, 0.25) is 0 Å². The molecule has 0 unspecified atom stereocenters. The highest BCUT2D eigenvalue weighted by Gasteiger charge is 2.30. The van der Waals surface area contributed by atoms with Gasteiger partial charge in [0.1, 0.15) is 5.82 Å². The summed E-state index contributed by atoms with van der Waals surface area (Å²) >= 11 is 0. The summed E-state index contributed by atoms with van der Waals surface area (Å²) in [5.41, 5.74) is 2.24. The molecule has 5 nitrogen and oxygen atoms in total. The van der Waals surface area contributed by atoms with E-state index in [1.54, 1.807) is 39.5 Å². The number of piperidine rings is 1. The lowest BCUT2D eigenvalue weighted by atomic mass is 10.1. The molecule has 28 heavy (non-hydrogen) atoms. The number of amides is 1. The van der Waals surface area contributed by atoms with Crippen molar-refractivity contribution in [2.75, 3.05) is 24.5 Å². The summed E-state index contributed by atoms with van der Waals surface area (Å²) in [6.07, 6.45) is 3.59. The maximum atomic E-state index is 13.4. The van der Waals surface area contributed by atoms with Crippen molar-refractivity contribution in [3.63, 3.8) is 0 Å². The Morgan fingerprint density at radius 2 is 1.79 bits per heavy atom. The van der Waals surface area contributed by atoms with E-state index in [9.17, 15) is 17.6 Å². The Labute approximate surface area is 164 Å². The van der Waals surface area contributed by atoms with Crippen molar-refractivity contribution in [1.29, 1.82) is 0 Å². The number of carbonyl (C=O) groups is 1. The third-order valence-electron chi connectivity index (χ3n) is 5.44. The van der Waals surface area contributed by atoms with Crippen LogP contribution >= 0.6 is 0 Å². The quantitative estimate of drug-likeness (QED) is 0.790. The number of hydrogen-bond acceptors (Lipinski definition) is 3. The lowest BCUT2D eigenvalue weighted by molar-refractivity contribution is -0.117. The van der Waals surface area contributed by atoms with Gasteiger partial charge in [-0.1, -0.05) is 18.6 Å². The van der Waals surface area contributed by atoms with E-state index in [4.69, 9.17) is 0 Å². The van der Waals surface area contributed by atoms with Crippen LogP contribution in [-0.2, 0) is 27.7 Å². The second-order valence-electron chi connectivity index (χ2n) is 7.36. The van der Waals surface area contributed by atoms with Gasteiger partial charge in [-0.05, 0) is 60.7 Å². The van der Waals surface area contributed by atoms with Gasteiger partial charge in [0.05, 0.1) is 11.3 Å². The summed E-state index contributed by atoms with van der Waals surface area (Å²) < 4.78 is 40.7. The molecule has 4 rings (SSSR count). The van der Waals surface area contributed by atoms with Crippen molar-refractivity contribution in [3.8, 4) is 0 Å². The van der Waals surface area contributed by atoms with E-state index in [0.29, 0.717) is 36.5 Å². The fourth-order valence-corrected chi connectivity index (χ4v) is 5.54. The summed E-state index contributed by atoms with van der Waals surface area (Å²) in [5.74, 6) is -0.476. The monoisotopic (exact) mass is 402 g/mol. The van der Waals surface area contributed by atoms with Gasteiger partial charge in [-0.25, -0.2) is 12.8 Å². The zero-order chi connectivity index (χ0) is 19.7. The normalized spacial score (nSPS) is 17.5. The molecule has 0 atom stereocenters.